The van der Waals surface area contributed by atoms with Crippen LogP contribution in [-0.2, 0) is 9.59 Å². The predicted octanol–water partition coefficient (Wildman–Crippen LogP) is 1.82. The van der Waals surface area contributed by atoms with Gasteiger partial charge in [-0.15, -0.1) is 0 Å². The second-order valence-corrected chi connectivity index (χ2v) is 4.47. The first-order chi connectivity index (χ1) is 9.50. The highest BCUT2D eigenvalue weighted by atomic mass is 16.4. The number of allylic oxidation sites excluding steroid dienone is 2. The summed E-state index contributed by atoms with van der Waals surface area (Å²) in [5, 5.41) is 9.02. The van der Waals surface area contributed by atoms with Crippen LogP contribution in [0.4, 0.5) is 0 Å². The van der Waals surface area contributed by atoms with Crippen LogP contribution in [-0.4, -0.2) is 28.4 Å². The lowest BCUT2D eigenvalue weighted by Gasteiger charge is -2.11. The van der Waals surface area contributed by atoms with Gasteiger partial charge in [-0.1, -0.05) is 18.2 Å². The number of ketones is 3. The molecule has 2 rings (SSSR count). The van der Waals surface area contributed by atoms with Crippen molar-refractivity contribution >= 4 is 23.3 Å². The van der Waals surface area contributed by atoms with Crippen LogP contribution < -0.4 is 0 Å². The standard InChI is InChI=1S/C15H12O5/c16-12-6-3-7-13(17)11(12)8-14(18)9-4-1-2-5-10(9)15(19)20/h1-2,4-5,8H,3,6-7H2,(H,19,20). The molecule has 0 atom stereocenters. The minimum Gasteiger partial charge on any atom is -0.478 e. The van der Waals surface area contributed by atoms with Gasteiger partial charge >= 0.3 is 5.97 Å². The van der Waals surface area contributed by atoms with E-state index in [1.165, 1.54) is 24.3 Å². The van der Waals surface area contributed by atoms with E-state index in [4.69, 9.17) is 5.11 Å². The number of Topliss-reactive ketones (excluding diaryl/α,β-unsaturated/α-hetero) is 2. The van der Waals surface area contributed by atoms with Crippen molar-refractivity contribution in [1.82, 2.24) is 0 Å². The molecule has 1 aliphatic rings. The van der Waals surface area contributed by atoms with Crippen molar-refractivity contribution in [3.05, 3.63) is 47.0 Å². The number of carboxylic acids is 1. The maximum Gasteiger partial charge on any atom is 0.336 e. The number of carboxylic acid groups (broad SMARTS) is 1. The summed E-state index contributed by atoms with van der Waals surface area (Å²) in [6.45, 7) is 0. The first kappa shape index (κ1) is 13.9. The number of carbonyl (C=O) groups excluding carboxylic acids is 3. The van der Waals surface area contributed by atoms with Gasteiger partial charge in [0, 0.05) is 24.5 Å². The molecule has 5 nitrogen and oxygen atoms in total. The lowest BCUT2D eigenvalue weighted by Crippen LogP contribution is -2.20. The van der Waals surface area contributed by atoms with Crippen molar-refractivity contribution in [3.8, 4) is 0 Å². The lowest BCUT2D eigenvalue weighted by molar-refractivity contribution is -0.123. The van der Waals surface area contributed by atoms with Crippen molar-refractivity contribution in [2.24, 2.45) is 0 Å². The molecule has 1 aromatic carbocycles. The van der Waals surface area contributed by atoms with E-state index in [0.29, 0.717) is 6.42 Å². The largest absolute Gasteiger partial charge is 0.478 e. The molecule has 102 valence electrons. The van der Waals surface area contributed by atoms with E-state index in [2.05, 4.69) is 0 Å². The molecule has 0 aliphatic heterocycles. The predicted molar refractivity (Wildman–Crippen MR) is 69.7 cm³/mol. The second-order valence-electron chi connectivity index (χ2n) is 4.47. The zero-order valence-corrected chi connectivity index (χ0v) is 10.6. The summed E-state index contributed by atoms with van der Waals surface area (Å²) in [4.78, 5) is 46.4. The smallest absolute Gasteiger partial charge is 0.336 e. The van der Waals surface area contributed by atoms with Crippen LogP contribution in [0.3, 0.4) is 0 Å². The first-order valence-electron chi connectivity index (χ1n) is 6.15. The van der Waals surface area contributed by atoms with Gasteiger partial charge in [0.25, 0.3) is 0 Å². The summed E-state index contributed by atoms with van der Waals surface area (Å²) in [6.07, 6.45) is 1.94. The van der Waals surface area contributed by atoms with Crippen LogP contribution >= 0.6 is 0 Å². The molecule has 1 saturated carbocycles. The monoisotopic (exact) mass is 272 g/mol. The minimum absolute atomic E-state index is 0.0290. The van der Waals surface area contributed by atoms with Gasteiger partial charge in [0.1, 0.15) is 0 Å². The van der Waals surface area contributed by atoms with Gasteiger partial charge in [0.05, 0.1) is 11.1 Å². The summed E-state index contributed by atoms with van der Waals surface area (Å²) in [6, 6.07) is 5.70. The molecule has 1 fully saturated rings. The molecule has 1 N–H and O–H groups in total. The zero-order valence-electron chi connectivity index (χ0n) is 10.6. The molecule has 0 radical (unpaired) electrons. The Kier molecular flexibility index (Phi) is 3.89. The van der Waals surface area contributed by atoms with Crippen LogP contribution in [0.2, 0.25) is 0 Å². The van der Waals surface area contributed by atoms with Crippen LogP contribution in [0.1, 0.15) is 40.0 Å². The fourth-order valence-corrected chi connectivity index (χ4v) is 2.09. The van der Waals surface area contributed by atoms with Gasteiger partial charge in [-0.25, -0.2) is 4.79 Å². The highest BCUT2D eigenvalue weighted by Gasteiger charge is 2.25. The van der Waals surface area contributed by atoms with Gasteiger partial charge in [-0.3, -0.25) is 14.4 Å². The summed E-state index contributed by atoms with van der Waals surface area (Å²) >= 11 is 0. The summed E-state index contributed by atoms with van der Waals surface area (Å²) in [5.41, 5.74) is -0.301. The fraction of sp³-hybridized carbons (Fsp3) is 0.200. The van der Waals surface area contributed by atoms with Gasteiger partial charge in [-0.05, 0) is 12.5 Å². The van der Waals surface area contributed by atoms with Gasteiger partial charge in [0.2, 0.25) is 0 Å². The molecule has 0 unspecified atom stereocenters. The van der Waals surface area contributed by atoms with Crippen LogP contribution in [0.5, 0.6) is 0 Å². The highest BCUT2D eigenvalue weighted by Crippen LogP contribution is 2.18. The van der Waals surface area contributed by atoms with E-state index in [1.807, 2.05) is 0 Å². The molecule has 0 heterocycles. The average Bonchev–Trinajstić information content (AvgIpc) is 2.43. The highest BCUT2D eigenvalue weighted by molar-refractivity contribution is 6.26. The summed E-state index contributed by atoms with van der Waals surface area (Å²) < 4.78 is 0. The molecule has 0 amide bonds. The van der Waals surface area contributed by atoms with Crippen molar-refractivity contribution in [3.63, 3.8) is 0 Å². The van der Waals surface area contributed by atoms with Gasteiger partial charge < -0.3 is 5.11 Å². The molecule has 20 heavy (non-hydrogen) atoms. The Balaban J connectivity index is 2.39. The average molecular weight is 272 g/mol. The molecule has 1 aromatic rings. The Bertz CT molecular complexity index is 621. The lowest BCUT2D eigenvalue weighted by atomic mass is 9.90. The van der Waals surface area contributed by atoms with Crippen LogP contribution in [0.25, 0.3) is 0 Å². The summed E-state index contributed by atoms with van der Waals surface area (Å²) in [7, 11) is 0. The normalized spacial score (nSPS) is 15.1. The van der Waals surface area contributed by atoms with Crippen molar-refractivity contribution in [1.29, 1.82) is 0 Å². The van der Waals surface area contributed by atoms with Crippen LogP contribution in [0, 0.1) is 0 Å². The van der Waals surface area contributed by atoms with E-state index >= 15 is 0 Å². The van der Waals surface area contributed by atoms with Gasteiger partial charge in [-0.2, -0.15) is 0 Å². The SMILES string of the molecule is O=C1CCCC(=O)C1=CC(=O)c1ccccc1C(=O)O. The Morgan fingerprint density at radius 3 is 2.10 bits per heavy atom. The molecule has 0 bridgehead atoms. The third-order valence-electron chi connectivity index (χ3n) is 3.11. The molecular formula is C15H12O5. The van der Waals surface area contributed by atoms with E-state index in [-0.39, 0.29) is 41.1 Å². The van der Waals surface area contributed by atoms with Crippen molar-refractivity contribution < 1.29 is 24.3 Å². The third kappa shape index (κ3) is 2.71. The van der Waals surface area contributed by atoms with Crippen molar-refractivity contribution in [2.75, 3.05) is 0 Å². The summed E-state index contributed by atoms with van der Waals surface area (Å²) in [5.74, 6) is -2.58. The van der Waals surface area contributed by atoms with Crippen molar-refractivity contribution in [2.45, 2.75) is 19.3 Å². The maximum absolute atomic E-state index is 12.1. The first-order valence-corrected chi connectivity index (χ1v) is 6.15. The topological polar surface area (TPSA) is 88.5 Å². The number of rotatable bonds is 3. The molecule has 5 heteroatoms. The number of benzene rings is 1. The molecule has 0 saturated heterocycles. The molecular weight excluding hydrogens is 260 g/mol. The number of hydrogen-bond donors (Lipinski definition) is 1. The Labute approximate surface area is 114 Å². The van der Waals surface area contributed by atoms with Crippen LogP contribution in [0.15, 0.2) is 35.9 Å². The Morgan fingerprint density at radius 2 is 1.55 bits per heavy atom. The zero-order chi connectivity index (χ0) is 14.7. The third-order valence-corrected chi connectivity index (χ3v) is 3.11. The molecule has 0 aromatic heterocycles. The van der Waals surface area contributed by atoms with E-state index in [9.17, 15) is 19.2 Å². The quantitative estimate of drug-likeness (QED) is 0.515. The second kappa shape index (κ2) is 5.61. The minimum atomic E-state index is -1.23. The number of hydrogen-bond acceptors (Lipinski definition) is 4. The number of carbonyl (C=O) groups is 4. The fourth-order valence-electron chi connectivity index (χ4n) is 2.09. The number of aromatic carboxylic acids is 1. The Morgan fingerprint density at radius 1 is 1.00 bits per heavy atom. The van der Waals surface area contributed by atoms with Gasteiger partial charge in [0.15, 0.2) is 17.3 Å². The molecule has 1 aliphatic carbocycles. The van der Waals surface area contributed by atoms with E-state index in [0.717, 1.165) is 6.08 Å². The Hall–Kier alpha value is -2.56. The molecule has 0 spiro atoms. The van der Waals surface area contributed by atoms with E-state index < -0.39 is 11.8 Å². The van der Waals surface area contributed by atoms with E-state index in [1.54, 1.807) is 0 Å². The maximum atomic E-state index is 12.1.